The monoisotopic (exact) mass is 242 g/mol. The molecule has 4 heteroatoms. The first-order valence-electron chi connectivity index (χ1n) is 5.66. The number of nitrogens with one attached hydrogen (secondary N) is 2. The topological polar surface area (TPSA) is 41.1 Å². The van der Waals surface area contributed by atoms with Crippen LogP contribution in [0, 0.1) is 5.82 Å². The van der Waals surface area contributed by atoms with Gasteiger partial charge in [0.25, 0.3) is 5.91 Å². The molecule has 3 rings (SSSR count). The molecule has 0 fully saturated rings. The van der Waals surface area contributed by atoms with Crippen molar-refractivity contribution in [3.05, 3.63) is 65.5 Å². The highest BCUT2D eigenvalue weighted by molar-refractivity contribution is 6.01. The van der Waals surface area contributed by atoms with Crippen molar-refractivity contribution in [2.45, 2.75) is 6.17 Å². The Hall–Kier alpha value is -2.36. The standard InChI is InChI=1S/C14H11FN2O/c15-10-5-3-4-9(8-10)13-16-12-7-2-1-6-11(12)14(18)17-13/h1-8,13,16H,(H,17,18). The summed E-state index contributed by atoms with van der Waals surface area (Å²) in [4.78, 5) is 11.9. The first-order valence-corrected chi connectivity index (χ1v) is 5.66. The second-order valence-corrected chi connectivity index (χ2v) is 4.15. The number of hydrogen-bond donors (Lipinski definition) is 2. The molecule has 3 nitrogen and oxygen atoms in total. The van der Waals surface area contributed by atoms with E-state index in [2.05, 4.69) is 10.6 Å². The fourth-order valence-electron chi connectivity index (χ4n) is 2.06. The van der Waals surface area contributed by atoms with E-state index in [9.17, 15) is 9.18 Å². The lowest BCUT2D eigenvalue weighted by molar-refractivity contribution is 0.0935. The van der Waals surface area contributed by atoms with Gasteiger partial charge in [0.05, 0.1) is 5.56 Å². The minimum atomic E-state index is -0.400. The molecular formula is C14H11FN2O. The van der Waals surface area contributed by atoms with E-state index in [0.717, 1.165) is 5.69 Å². The molecule has 1 unspecified atom stereocenters. The van der Waals surface area contributed by atoms with Gasteiger partial charge in [-0.1, -0.05) is 24.3 Å². The van der Waals surface area contributed by atoms with Crippen LogP contribution in [0.2, 0.25) is 0 Å². The van der Waals surface area contributed by atoms with Crippen LogP contribution in [0.3, 0.4) is 0 Å². The van der Waals surface area contributed by atoms with Crippen LogP contribution in [0.5, 0.6) is 0 Å². The number of anilines is 1. The molecule has 1 amide bonds. The number of fused-ring (bicyclic) bond motifs is 1. The fraction of sp³-hybridized carbons (Fsp3) is 0.0714. The summed E-state index contributed by atoms with van der Waals surface area (Å²) in [5, 5.41) is 5.97. The van der Waals surface area contributed by atoms with E-state index in [1.165, 1.54) is 12.1 Å². The van der Waals surface area contributed by atoms with E-state index in [1.54, 1.807) is 18.2 Å². The molecule has 2 aromatic carbocycles. The van der Waals surface area contributed by atoms with Crippen LogP contribution in [0.25, 0.3) is 0 Å². The minimum Gasteiger partial charge on any atom is -0.361 e. The number of carbonyl (C=O) groups is 1. The van der Waals surface area contributed by atoms with Crippen LogP contribution in [-0.4, -0.2) is 5.91 Å². The van der Waals surface area contributed by atoms with Crippen LogP contribution in [0.4, 0.5) is 10.1 Å². The molecule has 18 heavy (non-hydrogen) atoms. The molecule has 1 atom stereocenters. The third kappa shape index (κ3) is 1.82. The summed E-state index contributed by atoms with van der Waals surface area (Å²) in [6.07, 6.45) is -0.400. The summed E-state index contributed by atoms with van der Waals surface area (Å²) in [7, 11) is 0. The Labute approximate surface area is 104 Å². The first kappa shape index (κ1) is 10.8. The maximum Gasteiger partial charge on any atom is 0.255 e. The van der Waals surface area contributed by atoms with Gasteiger partial charge in [0, 0.05) is 5.69 Å². The SMILES string of the molecule is O=C1NC(c2cccc(F)c2)Nc2ccccc21. The van der Waals surface area contributed by atoms with Gasteiger partial charge in [-0.2, -0.15) is 0 Å². The van der Waals surface area contributed by atoms with Gasteiger partial charge in [-0.3, -0.25) is 4.79 Å². The Bertz CT molecular complexity index is 612. The quantitative estimate of drug-likeness (QED) is 0.807. The third-order valence-electron chi connectivity index (χ3n) is 2.93. The number of rotatable bonds is 1. The van der Waals surface area contributed by atoms with E-state index < -0.39 is 6.17 Å². The van der Waals surface area contributed by atoms with Gasteiger partial charge in [0.15, 0.2) is 0 Å². The fourth-order valence-corrected chi connectivity index (χ4v) is 2.06. The highest BCUT2D eigenvalue weighted by atomic mass is 19.1. The lowest BCUT2D eigenvalue weighted by Crippen LogP contribution is -2.38. The van der Waals surface area contributed by atoms with E-state index in [4.69, 9.17) is 0 Å². The van der Waals surface area contributed by atoms with Crippen LogP contribution >= 0.6 is 0 Å². The average molecular weight is 242 g/mol. The van der Waals surface area contributed by atoms with Gasteiger partial charge < -0.3 is 10.6 Å². The lowest BCUT2D eigenvalue weighted by atomic mass is 10.1. The van der Waals surface area contributed by atoms with E-state index in [-0.39, 0.29) is 11.7 Å². The van der Waals surface area contributed by atoms with Gasteiger partial charge in [-0.05, 0) is 29.8 Å². The molecule has 2 aromatic rings. The largest absolute Gasteiger partial charge is 0.361 e. The van der Waals surface area contributed by atoms with Crippen molar-refractivity contribution in [3.8, 4) is 0 Å². The predicted octanol–water partition coefficient (Wildman–Crippen LogP) is 2.68. The zero-order valence-electron chi connectivity index (χ0n) is 9.48. The molecule has 0 spiro atoms. The number of hydrogen-bond acceptors (Lipinski definition) is 2. The van der Waals surface area contributed by atoms with Crippen molar-refractivity contribution in [3.63, 3.8) is 0 Å². The van der Waals surface area contributed by atoms with E-state index in [0.29, 0.717) is 11.1 Å². The molecule has 1 aliphatic heterocycles. The Morgan fingerprint density at radius 2 is 1.83 bits per heavy atom. The molecule has 2 N–H and O–H groups in total. The third-order valence-corrected chi connectivity index (χ3v) is 2.93. The minimum absolute atomic E-state index is 0.154. The molecule has 1 heterocycles. The van der Waals surface area contributed by atoms with E-state index in [1.807, 2.05) is 18.2 Å². The Kier molecular flexibility index (Phi) is 2.48. The van der Waals surface area contributed by atoms with Crippen LogP contribution in [-0.2, 0) is 0 Å². The lowest BCUT2D eigenvalue weighted by Gasteiger charge is -2.28. The van der Waals surface area contributed by atoms with Gasteiger partial charge in [-0.15, -0.1) is 0 Å². The molecular weight excluding hydrogens is 231 g/mol. The summed E-state index contributed by atoms with van der Waals surface area (Å²) in [6, 6.07) is 13.4. The van der Waals surface area contributed by atoms with Crippen molar-refractivity contribution in [1.82, 2.24) is 5.32 Å². The highest BCUT2D eigenvalue weighted by Gasteiger charge is 2.23. The summed E-state index contributed by atoms with van der Waals surface area (Å²) >= 11 is 0. The summed E-state index contributed by atoms with van der Waals surface area (Å²) in [5.41, 5.74) is 2.05. The summed E-state index contributed by atoms with van der Waals surface area (Å²) in [5.74, 6) is -0.471. The maximum absolute atomic E-state index is 13.2. The van der Waals surface area contributed by atoms with Gasteiger partial charge in [0.1, 0.15) is 12.0 Å². The van der Waals surface area contributed by atoms with Gasteiger partial charge in [0.2, 0.25) is 0 Å². The van der Waals surface area contributed by atoms with Crippen LogP contribution in [0.1, 0.15) is 22.1 Å². The second-order valence-electron chi connectivity index (χ2n) is 4.15. The number of carbonyl (C=O) groups excluding carboxylic acids is 1. The normalized spacial score (nSPS) is 17.6. The number of benzene rings is 2. The Morgan fingerprint density at radius 1 is 1.00 bits per heavy atom. The van der Waals surface area contributed by atoms with Crippen molar-refractivity contribution in [1.29, 1.82) is 0 Å². The van der Waals surface area contributed by atoms with Crippen LogP contribution < -0.4 is 10.6 Å². The summed E-state index contributed by atoms with van der Waals surface area (Å²) in [6.45, 7) is 0. The molecule has 0 aliphatic carbocycles. The molecule has 0 aromatic heterocycles. The summed E-state index contributed by atoms with van der Waals surface area (Å²) < 4.78 is 13.2. The first-order chi connectivity index (χ1) is 8.74. The molecule has 1 aliphatic rings. The van der Waals surface area contributed by atoms with Crippen molar-refractivity contribution in [2.24, 2.45) is 0 Å². The van der Waals surface area contributed by atoms with Crippen molar-refractivity contribution < 1.29 is 9.18 Å². The number of amides is 1. The Morgan fingerprint density at radius 3 is 2.67 bits per heavy atom. The highest BCUT2D eigenvalue weighted by Crippen LogP contribution is 2.26. The van der Waals surface area contributed by atoms with Gasteiger partial charge in [-0.25, -0.2) is 4.39 Å². The molecule has 0 saturated heterocycles. The zero-order valence-corrected chi connectivity index (χ0v) is 9.48. The predicted molar refractivity (Wildman–Crippen MR) is 66.7 cm³/mol. The maximum atomic E-state index is 13.2. The Balaban J connectivity index is 1.97. The van der Waals surface area contributed by atoms with Crippen LogP contribution in [0.15, 0.2) is 48.5 Å². The molecule has 0 bridgehead atoms. The van der Waals surface area contributed by atoms with Crippen molar-refractivity contribution in [2.75, 3.05) is 5.32 Å². The molecule has 0 radical (unpaired) electrons. The van der Waals surface area contributed by atoms with Gasteiger partial charge >= 0.3 is 0 Å². The smallest absolute Gasteiger partial charge is 0.255 e. The number of para-hydroxylation sites is 1. The zero-order chi connectivity index (χ0) is 12.5. The van der Waals surface area contributed by atoms with Crippen molar-refractivity contribution >= 4 is 11.6 Å². The number of halogens is 1. The second kappa shape index (κ2) is 4.14. The average Bonchev–Trinajstić information content (AvgIpc) is 2.39. The molecule has 90 valence electrons. The van der Waals surface area contributed by atoms with E-state index >= 15 is 0 Å². The molecule has 0 saturated carbocycles.